The smallest absolute Gasteiger partial charge is 0.246 e. The van der Waals surface area contributed by atoms with Crippen LogP contribution in [0.4, 0.5) is 0 Å². The molecule has 7 nitrogen and oxygen atoms in total. The Morgan fingerprint density at radius 2 is 2.26 bits per heavy atom. The first-order valence-electron chi connectivity index (χ1n) is 6.20. The zero-order valence-corrected chi connectivity index (χ0v) is 12.1. The van der Waals surface area contributed by atoms with Crippen LogP contribution in [-0.4, -0.2) is 74.8 Å². The van der Waals surface area contributed by atoms with Crippen LogP contribution in [0, 0.1) is 5.92 Å². The van der Waals surface area contributed by atoms with Gasteiger partial charge in [-0.15, -0.1) is 0 Å². The molecule has 1 aliphatic rings. The third kappa shape index (κ3) is 3.33. The number of likely N-dealkylation sites (N-methyl/N-ethyl adjacent to an activating group) is 1. The second-order valence-corrected chi connectivity index (χ2v) is 6.82. The van der Waals surface area contributed by atoms with Crippen LogP contribution in [0.3, 0.4) is 0 Å². The van der Waals surface area contributed by atoms with Gasteiger partial charge in [0.05, 0.1) is 12.8 Å². The van der Waals surface area contributed by atoms with Crippen LogP contribution >= 0.6 is 0 Å². The van der Waals surface area contributed by atoms with Crippen molar-refractivity contribution in [2.24, 2.45) is 5.92 Å². The monoisotopic (exact) mass is 288 g/mol. The first-order valence-corrected chi connectivity index (χ1v) is 7.64. The zero-order valence-electron chi connectivity index (χ0n) is 11.2. The maximum absolute atomic E-state index is 12.5. The van der Waals surface area contributed by atoms with Crippen LogP contribution in [0.15, 0.2) is 17.3 Å². The molecule has 0 radical (unpaired) electrons. The lowest BCUT2D eigenvalue weighted by Crippen LogP contribution is -2.36. The first-order chi connectivity index (χ1) is 9.04. The van der Waals surface area contributed by atoms with Gasteiger partial charge in [0.15, 0.2) is 0 Å². The summed E-state index contributed by atoms with van der Waals surface area (Å²) in [4.78, 5) is 2.35. The molecule has 1 atom stereocenters. The van der Waals surface area contributed by atoms with E-state index in [1.165, 1.54) is 16.7 Å². The van der Waals surface area contributed by atoms with Crippen LogP contribution in [-0.2, 0) is 14.8 Å². The highest BCUT2D eigenvalue weighted by Gasteiger charge is 2.30. The second kappa shape index (κ2) is 6.00. The number of hydrogen-bond donors (Lipinski definition) is 1. The summed E-state index contributed by atoms with van der Waals surface area (Å²) in [6, 6.07) is 0. The summed E-state index contributed by atoms with van der Waals surface area (Å²) in [6.45, 7) is 3.08. The van der Waals surface area contributed by atoms with Gasteiger partial charge < -0.3 is 9.64 Å². The molecule has 1 aromatic heterocycles. The number of aromatic amines is 1. The van der Waals surface area contributed by atoms with Gasteiger partial charge in [0, 0.05) is 45.4 Å². The first kappa shape index (κ1) is 14.4. The van der Waals surface area contributed by atoms with Crippen LogP contribution in [0.1, 0.15) is 0 Å². The fourth-order valence-electron chi connectivity index (χ4n) is 2.34. The summed E-state index contributed by atoms with van der Waals surface area (Å²) in [5, 5.41) is 6.26. The zero-order chi connectivity index (χ0) is 13.9. The molecule has 1 aliphatic heterocycles. The lowest BCUT2D eigenvalue weighted by molar-refractivity contribution is 0.132. The van der Waals surface area contributed by atoms with E-state index in [4.69, 9.17) is 4.74 Å². The van der Waals surface area contributed by atoms with Gasteiger partial charge in [0.1, 0.15) is 4.90 Å². The molecule has 0 spiro atoms. The van der Waals surface area contributed by atoms with Gasteiger partial charge in [0.25, 0.3) is 0 Å². The van der Waals surface area contributed by atoms with E-state index in [1.54, 1.807) is 7.11 Å². The van der Waals surface area contributed by atoms with Gasteiger partial charge in [-0.25, -0.2) is 8.42 Å². The molecule has 2 heterocycles. The predicted molar refractivity (Wildman–Crippen MR) is 70.2 cm³/mol. The van der Waals surface area contributed by atoms with E-state index in [0.29, 0.717) is 19.7 Å². The van der Waals surface area contributed by atoms with Crippen molar-refractivity contribution in [3.8, 4) is 0 Å². The Kier molecular flexibility index (Phi) is 4.56. The van der Waals surface area contributed by atoms with Gasteiger partial charge in [0.2, 0.25) is 10.0 Å². The number of aromatic nitrogens is 2. The standard InChI is InChI=1S/C11H20N4O3S/c1-14-3-4-15(8-10(7-14)9-18-2)19(16,17)11-5-12-13-6-11/h5-6,10H,3-4,7-9H2,1-2H3,(H,12,13). The minimum atomic E-state index is -3.46. The van der Waals surface area contributed by atoms with Gasteiger partial charge in [-0.05, 0) is 7.05 Å². The number of rotatable bonds is 4. The summed E-state index contributed by atoms with van der Waals surface area (Å²) in [5.74, 6) is 0.180. The van der Waals surface area contributed by atoms with Gasteiger partial charge in [-0.1, -0.05) is 0 Å². The highest BCUT2D eigenvalue weighted by Crippen LogP contribution is 2.18. The van der Waals surface area contributed by atoms with Crippen molar-refractivity contribution in [2.45, 2.75) is 4.90 Å². The van der Waals surface area contributed by atoms with Crippen LogP contribution < -0.4 is 0 Å². The van der Waals surface area contributed by atoms with Gasteiger partial charge in [-0.2, -0.15) is 9.40 Å². The molecule has 0 saturated carbocycles. The maximum Gasteiger partial charge on any atom is 0.246 e. The molecular weight excluding hydrogens is 268 g/mol. The summed E-state index contributed by atoms with van der Waals surface area (Å²) < 4.78 is 31.6. The van der Waals surface area contributed by atoms with Crippen molar-refractivity contribution in [3.05, 3.63) is 12.4 Å². The van der Waals surface area contributed by atoms with Crippen molar-refractivity contribution in [1.82, 2.24) is 19.4 Å². The molecule has 1 unspecified atom stereocenters. The average Bonchev–Trinajstić information content (AvgIpc) is 2.82. The molecule has 0 bridgehead atoms. The number of ether oxygens (including phenoxy) is 1. The Hall–Kier alpha value is -0.960. The lowest BCUT2D eigenvalue weighted by atomic mass is 10.1. The molecule has 108 valence electrons. The van der Waals surface area contributed by atoms with Gasteiger partial charge in [-0.3, -0.25) is 5.10 Å². The fraction of sp³-hybridized carbons (Fsp3) is 0.727. The highest BCUT2D eigenvalue weighted by molar-refractivity contribution is 7.89. The van der Waals surface area contributed by atoms with Crippen molar-refractivity contribution in [2.75, 3.05) is 46.9 Å². The fourth-order valence-corrected chi connectivity index (χ4v) is 3.75. The molecule has 1 saturated heterocycles. The lowest BCUT2D eigenvalue weighted by Gasteiger charge is -2.22. The second-order valence-electron chi connectivity index (χ2n) is 4.88. The van der Waals surface area contributed by atoms with E-state index in [9.17, 15) is 8.42 Å². The molecule has 0 aromatic carbocycles. The van der Waals surface area contributed by atoms with E-state index in [2.05, 4.69) is 15.1 Å². The normalized spacial score (nSPS) is 23.4. The van der Waals surface area contributed by atoms with Crippen LogP contribution in [0.2, 0.25) is 0 Å². The number of methoxy groups -OCH3 is 1. The van der Waals surface area contributed by atoms with E-state index in [0.717, 1.165) is 13.1 Å². The minimum absolute atomic E-state index is 0.180. The van der Waals surface area contributed by atoms with E-state index < -0.39 is 10.0 Å². The van der Waals surface area contributed by atoms with Crippen molar-refractivity contribution in [1.29, 1.82) is 0 Å². The molecule has 2 rings (SSSR count). The van der Waals surface area contributed by atoms with E-state index >= 15 is 0 Å². The summed E-state index contributed by atoms with van der Waals surface area (Å²) in [6.07, 6.45) is 2.75. The molecule has 1 aromatic rings. The third-order valence-corrected chi connectivity index (χ3v) is 5.11. The third-order valence-electron chi connectivity index (χ3n) is 3.28. The summed E-state index contributed by atoms with van der Waals surface area (Å²) in [7, 11) is 0.176. The number of H-pyrrole nitrogens is 1. The quantitative estimate of drug-likeness (QED) is 0.816. The predicted octanol–water partition coefficient (Wildman–Crippen LogP) is -0.392. The van der Waals surface area contributed by atoms with Crippen LogP contribution in [0.5, 0.6) is 0 Å². The number of nitrogens with zero attached hydrogens (tertiary/aromatic N) is 3. The molecule has 0 aliphatic carbocycles. The molecular formula is C11H20N4O3S. The van der Waals surface area contributed by atoms with Crippen molar-refractivity contribution < 1.29 is 13.2 Å². The topological polar surface area (TPSA) is 78.5 Å². The largest absolute Gasteiger partial charge is 0.384 e. The van der Waals surface area contributed by atoms with Crippen LogP contribution in [0.25, 0.3) is 0 Å². The number of hydrogen-bond acceptors (Lipinski definition) is 5. The number of nitrogens with one attached hydrogen (secondary N) is 1. The number of sulfonamides is 1. The average molecular weight is 288 g/mol. The molecule has 8 heteroatoms. The Labute approximate surface area is 113 Å². The van der Waals surface area contributed by atoms with E-state index in [-0.39, 0.29) is 10.8 Å². The summed E-state index contributed by atoms with van der Waals surface area (Å²) >= 11 is 0. The van der Waals surface area contributed by atoms with Crippen molar-refractivity contribution in [3.63, 3.8) is 0 Å². The van der Waals surface area contributed by atoms with E-state index in [1.807, 2.05) is 7.05 Å². The Balaban J connectivity index is 2.18. The van der Waals surface area contributed by atoms with Gasteiger partial charge >= 0.3 is 0 Å². The highest BCUT2D eigenvalue weighted by atomic mass is 32.2. The molecule has 0 amide bonds. The molecule has 19 heavy (non-hydrogen) atoms. The molecule has 1 fully saturated rings. The van der Waals surface area contributed by atoms with Crippen molar-refractivity contribution >= 4 is 10.0 Å². The summed E-state index contributed by atoms with van der Waals surface area (Å²) in [5.41, 5.74) is 0. The maximum atomic E-state index is 12.5. The molecule has 1 N–H and O–H groups in total. The minimum Gasteiger partial charge on any atom is -0.384 e. The Morgan fingerprint density at radius 1 is 1.47 bits per heavy atom. The SMILES string of the molecule is COCC1CN(C)CCN(S(=O)(=O)c2cn[nH]c2)C1. The Morgan fingerprint density at radius 3 is 2.89 bits per heavy atom. The Bertz CT molecular complexity index is 488.